The average Bonchev–Trinajstić information content (AvgIpc) is 2.88. The molecule has 0 N–H and O–H groups in total. The lowest BCUT2D eigenvalue weighted by Gasteiger charge is -2.08. The van der Waals surface area contributed by atoms with Gasteiger partial charge in [0.05, 0.1) is 19.3 Å². The van der Waals surface area contributed by atoms with Gasteiger partial charge in [-0.15, -0.1) is 17.9 Å². The van der Waals surface area contributed by atoms with Gasteiger partial charge in [-0.25, -0.2) is 4.98 Å². The lowest BCUT2D eigenvalue weighted by Crippen LogP contribution is -2.05. The van der Waals surface area contributed by atoms with Crippen LogP contribution in [-0.2, 0) is 16.1 Å². The molecule has 1 aromatic rings. The Morgan fingerprint density at radius 2 is 2.44 bits per heavy atom. The number of nitrogens with zero attached hydrogens (tertiary/aromatic N) is 1. The van der Waals surface area contributed by atoms with Crippen LogP contribution in [0, 0.1) is 0 Å². The number of aromatic nitrogens is 1. The third-order valence-corrected chi connectivity index (χ3v) is 3.30. The lowest BCUT2D eigenvalue weighted by atomic mass is 10.1. The molecule has 0 aliphatic carbocycles. The second kappa shape index (κ2) is 9.03. The summed E-state index contributed by atoms with van der Waals surface area (Å²) >= 11 is 1.62. The fourth-order valence-corrected chi connectivity index (χ4v) is 2.06. The maximum Gasteiger partial charge on any atom is 0.118 e. The van der Waals surface area contributed by atoms with Crippen molar-refractivity contribution in [2.45, 2.75) is 32.5 Å². The Bertz CT molecular complexity index is 360. The number of methoxy groups -OCH3 is 1. The van der Waals surface area contributed by atoms with E-state index in [0.29, 0.717) is 13.2 Å². The van der Waals surface area contributed by atoms with E-state index in [-0.39, 0.29) is 6.10 Å². The van der Waals surface area contributed by atoms with E-state index in [1.807, 2.05) is 11.5 Å². The van der Waals surface area contributed by atoms with Gasteiger partial charge < -0.3 is 9.47 Å². The molecule has 0 saturated heterocycles. The molecule has 0 spiro atoms. The molecular weight excluding hydrogens is 246 g/mol. The zero-order valence-corrected chi connectivity index (χ0v) is 11.9. The Labute approximate surface area is 113 Å². The van der Waals surface area contributed by atoms with Gasteiger partial charge >= 0.3 is 0 Å². The van der Waals surface area contributed by atoms with Gasteiger partial charge in [-0.05, 0) is 19.8 Å². The second-order valence-corrected chi connectivity index (χ2v) is 5.04. The van der Waals surface area contributed by atoms with Crippen molar-refractivity contribution >= 4 is 11.3 Å². The number of allylic oxidation sites excluding steroid dienone is 1. The Kier molecular flexibility index (Phi) is 7.57. The van der Waals surface area contributed by atoms with Gasteiger partial charge in [0, 0.05) is 18.7 Å². The maximum absolute atomic E-state index is 5.58. The molecule has 1 unspecified atom stereocenters. The highest BCUT2D eigenvalue weighted by atomic mass is 32.1. The average molecular weight is 267 g/mol. The molecule has 0 aromatic carbocycles. The molecule has 1 aromatic heterocycles. The molecule has 0 amide bonds. The minimum Gasteiger partial charge on any atom is -0.377 e. The minimum atomic E-state index is 0.144. The number of hydrogen-bond donors (Lipinski definition) is 0. The van der Waals surface area contributed by atoms with E-state index in [9.17, 15) is 0 Å². The summed E-state index contributed by atoms with van der Waals surface area (Å²) < 4.78 is 10.8. The molecule has 100 valence electrons. The van der Waals surface area contributed by atoms with Gasteiger partial charge in [0.25, 0.3) is 0 Å². The summed E-state index contributed by atoms with van der Waals surface area (Å²) in [7, 11) is 1.71. The number of ether oxygens (including phenoxy) is 2. The van der Waals surface area contributed by atoms with E-state index in [4.69, 9.17) is 9.47 Å². The molecule has 0 bridgehead atoms. The van der Waals surface area contributed by atoms with Crippen molar-refractivity contribution in [2.24, 2.45) is 0 Å². The maximum atomic E-state index is 5.58. The molecule has 0 radical (unpaired) electrons. The summed E-state index contributed by atoms with van der Waals surface area (Å²) in [5.41, 5.74) is 1.24. The predicted octanol–water partition coefficient (Wildman–Crippen LogP) is 3.59. The molecule has 1 heterocycles. The van der Waals surface area contributed by atoms with Gasteiger partial charge in [0.2, 0.25) is 0 Å². The van der Waals surface area contributed by atoms with E-state index in [2.05, 4.69) is 24.6 Å². The molecule has 0 fully saturated rings. The van der Waals surface area contributed by atoms with E-state index in [0.717, 1.165) is 17.8 Å². The van der Waals surface area contributed by atoms with Gasteiger partial charge in [0.15, 0.2) is 0 Å². The Hall–Kier alpha value is -0.970. The predicted molar refractivity (Wildman–Crippen MR) is 75.8 cm³/mol. The first kappa shape index (κ1) is 15.1. The van der Waals surface area contributed by atoms with Gasteiger partial charge in [-0.2, -0.15) is 0 Å². The van der Waals surface area contributed by atoms with Crippen molar-refractivity contribution < 1.29 is 9.47 Å². The Morgan fingerprint density at radius 1 is 1.61 bits per heavy atom. The smallest absolute Gasteiger partial charge is 0.118 e. The highest BCUT2D eigenvalue weighted by Crippen LogP contribution is 2.08. The van der Waals surface area contributed by atoms with Crippen LogP contribution in [0.1, 0.15) is 24.8 Å². The van der Waals surface area contributed by atoms with Crippen LogP contribution in [0.2, 0.25) is 0 Å². The molecule has 18 heavy (non-hydrogen) atoms. The summed E-state index contributed by atoms with van der Waals surface area (Å²) in [6.45, 7) is 7.06. The Morgan fingerprint density at radius 3 is 3.06 bits per heavy atom. The zero-order valence-electron chi connectivity index (χ0n) is 11.1. The van der Waals surface area contributed by atoms with Crippen molar-refractivity contribution in [2.75, 3.05) is 13.7 Å². The Balaban J connectivity index is 2.15. The zero-order chi connectivity index (χ0) is 13.2. The quantitative estimate of drug-likeness (QED) is 0.641. The third-order valence-electron chi connectivity index (χ3n) is 2.55. The highest BCUT2D eigenvalue weighted by Gasteiger charge is 2.00. The second-order valence-electron chi connectivity index (χ2n) is 4.06. The van der Waals surface area contributed by atoms with Crippen molar-refractivity contribution in [3.05, 3.63) is 40.9 Å². The largest absolute Gasteiger partial charge is 0.377 e. The van der Waals surface area contributed by atoms with Crippen molar-refractivity contribution in [3.8, 4) is 0 Å². The number of rotatable bonds is 9. The van der Waals surface area contributed by atoms with Crippen LogP contribution in [0.5, 0.6) is 0 Å². The van der Waals surface area contributed by atoms with Crippen molar-refractivity contribution in [1.82, 2.24) is 4.98 Å². The van der Waals surface area contributed by atoms with Crippen LogP contribution >= 0.6 is 11.3 Å². The molecule has 0 aliphatic heterocycles. The van der Waals surface area contributed by atoms with Crippen LogP contribution in [0.3, 0.4) is 0 Å². The first-order valence-corrected chi connectivity index (χ1v) is 6.91. The standard InChI is InChI=1S/C14H21NO2S/c1-4-13(16-3)7-5-6-12(2)10-17-11-14-15-8-9-18-14/h4,6,8-9,13H,1,5,7,10-11H2,2-3H3/b12-6-. The summed E-state index contributed by atoms with van der Waals surface area (Å²) in [5.74, 6) is 0. The van der Waals surface area contributed by atoms with E-state index < -0.39 is 0 Å². The molecule has 3 nitrogen and oxygen atoms in total. The molecular formula is C14H21NO2S. The third kappa shape index (κ3) is 6.10. The number of hydrogen-bond acceptors (Lipinski definition) is 4. The minimum absolute atomic E-state index is 0.144. The molecule has 1 rings (SSSR count). The van der Waals surface area contributed by atoms with Gasteiger partial charge in [-0.1, -0.05) is 17.7 Å². The molecule has 0 aliphatic rings. The highest BCUT2D eigenvalue weighted by molar-refractivity contribution is 7.09. The van der Waals surface area contributed by atoms with Crippen molar-refractivity contribution in [3.63, 3.8) is 0 Å². The lowest BCUT2D eigenvalue weighted by molar-refractivity contribution is 0.133. The van der Waals surface area contributed by atoms with Gasteiger partial charge in [0.1, 0.15) is 5.01 Å². The van der Waals surface area contributed by atoms with Crippen LogP contribution < -0.4 is 0 Å². The monoisotopic (exact) mass is 267 g/mol. The van der Waals surface area contributed by atoms with Crippen LogP contribution in [-0.4, -0.2) is 24.8 Å². The van der Waals surface area contributed by atoms with Crippen LogP contribution in [0.4, 0.5) is 0 Å². The number of thiazole rings is 1. The first-order valence-electron chi connectivity index (χ1n) is 6.03. The molecule has 0 saturated carbocycles. The van der Waals surface area contributed by atoms with Crippen molar-refractivity contribution in [1.29, 1.82) is 0 Å². The fraction of sp³-hybridized carbons (Fsp3) is 0.500. The fourth-order valence-electron chi connectivity index (χ4n) is 1.51. The first-order chi connectivity index (χ1) is 8.76. The topological polar surface area (TPSA) is 31.4 Å². The summed E-state index contributed by atoms with van der Waals surface area (Å²) in [6.07, 6.45) is 7.91. The van der Waals surface area contributed by atoms with Crippen LogP contribution in [0.15, 0.2) is 35.9 Å². The van der Waals surface area contributed by atoms with E-state index in [1.165, 1.54) is 5.57 Å². The normalized spacial score (nSPS) is 13.6. The summed E-state index contributed by atoms with van der Waals surface area (Å²) in [4.78, 5) is 4.17. The molecule has 1 atom stereocenters. The SMILES string of the molecule is C=CC(CC/C=C(/C)COCc1nccs1)OC. The summed E-state index contributed by atoms with van der Waals surface area (Å²) in [6, 6.07) is 0. The van der Waals surface area contributed by atoms with Gasteiger partial charge in [-0.3, -0.25) is 0 Å². The summed E-state index contributed by atoms with van der Waals surface area (Å²) in [5, 5.41) is 2.98. The van der Waals surface area contributed by atoms with E-state index in [1.54, 1.807) is 24.6 Å². The van der Waals surface area contributed by atoms with E-state index >= 15 is 0 Å². The van der Waals surface area contributed by atoms with Crippen LogP contribution in [0.25, 0.3) is 0 Å². The molecule has 4 heteroatoms.